The zero-order valence-corrected chi connectivity index (χ0v) is 12.3. The molecule has 0 aliphatic heterocycles. The fraction of sp³-hybridized carbons (Fsp3) is 0.647. The van der Waals surface area contributed by atoms with Crippen LogP contribution in [0.25, 0.3) is 0 Å². The number of nitrogens with one attached hydrogen (secondary N) is 1. The molecule has 3 rings (SSSR count). The third-order valence-electron chi connectivity index (χ3n) is 5.19. The Hall–Kier alpha value is -0.960. The lowest BCUT2D eigenvalue weighted by Gasteiger charge is -2.62. The number of rotatable bonds is 4. The van der Waals surface area contributed by atoms with Crippen LogP contribution in [0.5, 0.6) is 0 Å². The Balaban J connectivity index is 1.85. The molecule has 0 saturated heterocycles. The summed E-state index contributed by atoms with van der Waals surface area (Å²) in [7, 11) is 0. The second-order valence-corrected chi connectivity index (χ2v) is 7.15. The van der Waals surface area contributed by atoms with Crippen molar-refractivity contribution in [1.82, 2.24) is 5.32 Å². The molecule has 2 fully saturated rings. The van der Waals surface area contributed by atoms with Gasteiger partial charge in [0.15, 0.2) is 0 Å². The second-order valence-electron chi connectivity index (χ2n) is 7.15. The Morgan fingerprint density at radius 1 is 1.20 bits per heavy atom. The van der Waals surface area contributed by atoms with E-state index in [1.807, 2.05) is 0 Å². The van der Waals surface area contributed by atoms with Crippen molar-refractivity contribution in [2.45, 2.75) is 57.4 Å². The number of benzene rings is 1. The Bertz CT molecular complexity index is 498. The van der Waals surface area contributed by atoms with E-state index in [0.717, 1.165) is 25.5 Å². The Labute approximate surface area is 119 Å². The molecule has 20 heavy (non-hydrogen) atoms. The molecule has 2 aliphatic carbocycles. The average molecular weight is 279 g/mol. The zero-order chi connectivity index (χ0) is 14.4. The summed E-state index contributed by atoms with van der Waals surface area (Å²) in [5.74, 6) is -0.874. The first-order chi connectivity index (χ1) is 9.45. The van der Waals surface area contributed by atoms with Crippen molar-refractivity contribution >= 4 is 0 Å². The molecule has 1 N–H and O–H groups in total. The van der Waals surface area contributed by atoms with Gasteiger partial charge in [-0.15, -0.1) is 0 Å². The molecule has 1 spiro atoms. The predicted octanol–water partition coefficient (Wildman–Crippen LogP) is 4.16. The van der Waals surface area contributed by atoms with E-state index in [9.17, 15) is 8.78 Å². The fourth-order valence-electron chi connectivity index (χ4n) is 4.14. The van der Waals surface area contributed by atoms with Crippen molar-refractivity contribution < 1.29 is 8.78 Å². The zero-order valence-electron chi connectivity index (χ0n) is 12.3. The molecular formula is C17H23F2N. The van der Waals surface area contributed by atoms with Crippen LogP contribution in [0.15, 0.2) is 18.2 Å². The van der Waals surface area contributed by atoms with Crippen LogP contribution in [0.1, 0.15) is 51.5 Å². The number of hydrogen-bond acceptors (Lipinski definition) is 1. The van der Waals surface area contributed by atoms with E-state index in [4.69, 9.17) is 0 Å². The van der Waals surface area contributed by atoms with Crippen molar-refractivity contribution in [3.8, 4) is 0 Å². The van der Waals surface area contributed by atoms with Gasteiger partial charge in [0.05, 0.1) is 0 Å². The summed E-state index contributed by atoms with van der Waals surface area (Å²) in [6, 6.07) is 4.45. The number of halogens is 2. The highest BCUT2D eigenvalue weighted by atomic mass is 19.1. The van der Waals surface area contributed by atoms with Crippen molar-refractivity contribution in [2.75, 3.05) is 6.54 Å². The highest BCUT2D eigenvalue weighted by Gasteiger charge is 2.57. The highest BCUT2D eigenvalue weighted by Crippen LogP contribution is 2.65. The van der Waals surface area contributed by atoms with Crippen LogP contribution in [-0.4, -0.2) is 12.6 Å². The minimum Gasteiger partial charge on any atom is -0.314 e. The molecule has 0 bridgehead atoms. The first kappa shape index (κ1) is 14.0. The van der Waals surface area contributed by atoms with Gasteiger partial charge in [-0.25, -0.2) is 8.78 Å². The third-order valence-corrected chi connectivity index (χ3v) is 5.19. The summed E-state index contributed by atoms with van der Waals surface area (Å²) in [5.41, 5.74) is 1.02. The quantitative estimate of drug-likeness (QED) is 0.872. The first-order valence-corrected chi connectivity index (χ1v) is 7.64. The molecule has 1 nitrogen and oxygen atoms in total. The van der Waals surface area contributed by atoms with E-state index in [1.165, 1.54) is 25.3 Å². The lowest BCUT2D eigenvalue weighted by Crippen LogP contribution is -2.58. The SMILES string of the molecule is CC(C)NCC1(c2ccc(F)cc2F)CC2(CCC2)C1. The van der Waals surface area contributed by atoms with Crippen LogP contribution in [0.2, 0.25) is 0 Å². The van der Waals surface area contributed by atoms with Gasteiger partial charge >= 0.3 is 0 Å². The van der Waals surface area contributed by atoms with Crippen molar-refractivity contribution in [2.24, 2.45) is 5.41 Å². The van der Waals surface area contributed by atoms with E-state index in [2.05, 4.69) is 19.2 Å². The molecule has 2 saturated carbocycles. The van der Waals surface area contributed by atoms with E-state index in [1.54, 1.807) is 6.07 Å². The van der Waals surface area contributed by atoms with E-state index in [-0.39, 0.29) is 11.2 Å². The van der Waals surface area contributed by atoms with Crippen molar-refractivity contribution in [3.05, 3.63) is 35.4 Å². The second kappa shape index (κ2) is 4.80. The summed E-state index contributed by atoms with van der Waals surface area (Å²) >= 11 is 0. The van der Waals surface area contributed by atoms with Crippen molar-refractivity contribution in [3.63, 3.8) is 0 Å². The molecule has 0 aromatic heterocycles. The summed E-state index contributed by atoms with van der Waals surface area (Å²) in [6.07, 6.45) is 5.95. The van der Waals surface area contributed by atoms with Crippen LogP contribution in [0.3, 0.4) is 0 Å². The monoisotopic (exact) mass is 279 g/mol. The van der Waals surface area contributed by atoms with Gasteiger partial charge < -0.3 is 5.32 Å². The van der Waals surface area contributed by atoms with Gasteiger partial charge in [-0.1, -0.05) is 26.3 Å². The lowest BCUT2D eigenvalue weighted by atomic mass is 9.43. The molecule has 2 aliphatic rings. The summed E-state index contributed by atoms with van der Waals surface area (Å²) in [4.78, 5) is 0. The fourth-order valence-corrected chi connectivity index (χ4v) is 4.14. The average Bonchev–Trinajstić information content (AvgIpc) is 2.27. The smallest absolute Gasteiger partial charge is 0.129 e. The largest absolute Gasteiger partial charge is 0.314 e. The van der Waals surface area contributed by atoms with Crippen LogP contribution in [-0.2, 0) is 5.41 Å². The molecule has 0 unspecified atom stereocenters. The molecular weight excluding hydrogens is 256 g/mol. The highest BCUT2D eigenvalue weighted by molar-refractivity contribution is 5.34. The lowest BCUT2D eigenvalue weighted by molar-refractivity contribution is -0.0503. The van der Waals surface area contributed by atoms with Crippen LogP contribution >= 0.6 is 0 Å². The third kappa shape index (κ3) is 2.26. The van der Waals surface area contributed by atoms with Gasteiger partial charge in [0.2, 0.25) is 0 Å². The molecule has 0 radical (unpaired) electrons. The van der Waals surface area contributed by atoms with E-state index < -0.39 is 5.82 Å². The Kier molecular flexibility index (Phi) is 3.36. The summed E-state index contributed by atoms with van der Waals surface area (Å²) in [6.45, 7) is 4.99. The maximum Gasteiger partial charge on any atom is 0.129 e. The first-order valence-electron chi connectivity index (χ1n) is 7.64. The normalized spacial score (nSPS) is 22.6. The topological polar surface area (TPSA) is 12.0 Å². The van der Waals surface area contributed by atoms with E-state index in [0.29, 0.717) is 17.0 Å². The molecule has 1 aromatic rings. The maximum atomic E-state index is 14.2. The molecule has 0 heterocycles. The molecule has 0 amide bonds. The van der Waals surface area contributed by atoms with Gasteiger partial charge in [-0.3, -0.25) is 0 Å². The van der Waals surface area contributed by atoms with Crippen LogP contribution in [0.4, 0.5) is 8.78 Å². The van der Waals surface area contributed by atoms with Gasteiger partial charge in [-0.2, -0.15) is 0 Å². The molecule has 3 heteroatoms. The minimum absolute atomic E-state index is 0.136. The van der Waals surface area contributed by atoms with Gasteiger partial charge in [0.1, 0.15) is 11.6 Å². The molecule has 1 aromatic carbocycles. The van der Waals surface area contributed by atoms with E-state index >= 15 is 0 Å². The summed E-state index contributed by atoms with van der Waals surface area (Å²) < 4.78 is 27.3. The van der Waals surface area contributed by atoms with Gasteiger partial charge in [0, 0.05) is 24.1 Å². The van der Waals surface area contributed by atoms with Gasteiger partial charge in [-0.05, 0) is 42.7 Å². The maximum absolute atomic E-state index is 14.2. The predicted molar refractivity (Wildman–Crippen MR) is 76.7 cm³/mol. The van der Waals surface area contributed by atoms with Crippen LogP contribution < -0.4 is 5.32 Å². The molecule has 0 atom stereocenters. The molecule has 110 valence electrons. The van der Waals surface area contributed by atoms with Gasteiger partial charge in [0.25, 0.3) is 0 Å². The summed E-state index contributed by atoms with van der Waals surface area (Å²) in [5, 5.41) is 3.45. The van der Waals surface area contributed by atoms with Crippen molar-refractivity contribution in [1.29, 1.82) is 0 Å². The Morgan fingerprint density at radius 3 is 2.40 bits per heavy atom. The minimum atomic E-state index is -0.490. The standard InChI is InChI=1S/C17H23F2N/c1-12(2)20-11-17(9-16(10-17)6-3-7-16)14-5-4-13(18)8-15(14)19/h4-5,8,12,20H,3,6-7,9-11H2,1-2H3. The van der Waals surface area contributed by atoms with Crippen LogP contribution in [0, 0.1) is 17.0 Å². The number of hydrogen-bond donors (Lipinski definition) is 1. The Morgan fingerprint density at radius 2 is 1.90 bits per heavy atom.